The third kappa shape index (κ3) is 4.83. The summed E-state index contributed by atoms with van der Waals surface area (Å²) in [7, 11) is -4.00. The van der Waals surface area contributed by atoms with Gasteiger partial charge in [0.05, 0.1) is 11.4 Å². The number of sulfonamides is 1. The molecule has 3 rings (SSSR count). The lowest BCUT2D eigenvalue weighted by Crippen LogP contribution is -2.70. The van der Waals surface area contributed by atoms with Crippen LogP contribution in [-0.2, 0) is 19.6 Å². The summed E-state index contributed by atoms with van der Waals surface area (Å²) in [5, 5.41) is 2.84. The summed E-state index contributed by atoms with van der Waals surface area (Å²) in [4.78, 5) is 27.8. The Morgan fingerprint density at radius 3 is 2.34 bits per heavy atom. The molecule has 1 heterocycles. The van der Waals surface area contributed by atoms with E-state index in [2.05, 4.69) is 5.32 Å². The van der Waals surface area contributed by atoms with Gasteiger partial charge in [0.15, 0.2) is 0 Å². The van der Waals surface area contributed by atoms with Gasteiger partial charge in [-0.1, -0.05) is 32.0 Å². The van der Waals surface area contributed by atoms with Gasteiger partial charge in [0.2, 0.25) is 21.8 Å². The molecular formula is C23H28FN3O4S. The number of rotatable bonds is 7. The molecule has 2 amide bonds. The quantitative estimate of drug-likeness (QED) is 0.687. The second kappa shape index (κ2) is 9.38. The summed E-state index contributed by atoms with van der Waals surface area (Å²) in [5.41, 5.74) is -1.19. The van der Waals surface area contributed by atoms with E-state index in [0.717, 1.165) is 10.7 Å². The fraction of sp³-hybridized carbons (Fsp3) is 0.391. The molecule has 0 aliphatic carbocycles. The van der Waals surface area contributed by atoms with Gasteiger partial charge in [-0.05, 0) is 55.7 Å². The highest BCUT2D eigenvalue weighted by molar-refractivity contribution is 7.89. The maximum absolute atomic E-state index is 13.5. The fourth-order valence-corrected chi connectivity index (χ4v) is 5.24. The van der Waals surface area contributed by atoms with Gasteiger partial charge < -0.3 is 5.32 Å². The second-order valence-electron chi connectivity index (χ2n) is 8.50. The Morgan fingerprint density at radius 2 is 1.75 bits per heavy atom. The van der Waals surface area contributed by atoms with Gasteiger partial charge in [-0.15, -0.1) is 0 Å². The van der Waals surface area contributed by atoms with Crippen LogP contribution in [0.5, 0.6) is 0 Å². The smallest absolute Gasteiger partial charge is 0.247 e. The van der Waals surface area contributed by atoms with Crippen molar-refractivity contribution in [3.63, 3.8) is 0 Å². The van der Waals surface area contributed by atoms with Crippen molar-refractivity contribution in [3.05, 3.63) is 60.4 Å². The molecule has 0 unspecified atom stereocenters. The SMILES string of the molecule is CC(C)CCNC(=O)[C@]1(C)CN(S(=O)(=O)c2ccccc2)CC(=O)N1c1ccc(F)cc1. The van der Waals surface area contributed by atoms with Crippen LogP contribution in [0.15, 0.2) is 59.5 Å². The molecule has 1 fully saturated rings. The normalized spacial score (nSPS) is 19.9. The first-order chi connectivity index (χ1) is 15.1. The number of carbonyl (C=O) groups excluding carboxylic acids is 2. The number of hydrogen-bond donors (Lipinski definition) is 1. The maximum Gasteiger partial charge on any atom is 0.247 e. The zero-order chi connectivity index (χ0) is 23.5. The number of nitrogens with zero attached hydrogens (tertiary/aromatic N) is 2. The minimum atomic E-state index is -4.00. The summed E-state index contributed by atoms with van der Waals surface area (Å²) < 4.78 is 40.9. The first-order valence-electron chi connectivity index (χ1n) is 10.5. The van der Waals surface area contributed by atoms with E-state index >= 15 is 0 Å². The Kier molecular flexibility index (Phi) is 7.00. The topological polar surface area (TPSA) is 86.8 Å². The Hall–Kier alpha value is -2.78. The lowest BCUT2D eigenvalue weighted by Gasteiger charge is -2.46. The number of piperazine rings is 1. The van der Waals surface area contributed by atoms with Crippen LogP contribution in [0.2, 0.25) is 0 Å². The minimum Gasteiger partial charge on any atom is -0.354 e. The van der Waals surface area contributed by atoms with E-state index in [9.17, 15) is 22.4 Å². The molecule has 0 aromatic heterocycles. The lowest BCUT2D eigenvalue weighted by atomic mass is 9.94. The highest BCUT2D eigenvalue weighted by atomic mass is 32.2. The molecule has 0 radical (unpaired) electrons. The zero-order valence-electron chi connectivity index (χ0n) is 18.4. The molecule has 172 valence electrons. The van der Waals surface area contributed by atoms with Crippen molar-refractivity contribution in [2.45, 2.75) is 37.6 Å². The molecule has 1 saturated heterocycles. The van der Waals surface area contributed by atoms with Gasteiger partial charge in [0.1, 0.15) is 11.4 Å². The number of halogens is 1. The van der Waals surface area contributed by atoms with Crippen molar-refractivity contribution in [3.8, 4) is 0 Å². The summed E-state index contributed by atoms with van der Waals surface area (Å²) >= 11 is 0. The monoisotopic (exact) mass is 461 g/mol. The second-order valence-corrected chi connectivity index (χ2v) is 10.4. The Labute approximate surface area is 188 Å². The van der Waals surface area contributed by atoms with Crippen molar-refractivity contribution in [2.75, 3.05) is 24.5 Å². The predicted octanol–water partition coefficient (Wildman–Crippen LogP) is 2.78. The predicted molar refractivity (Wildman–Crippen MR) is 120 cm³/mol. The van der Waals surface area contributed by atoms with Crippen LogP contribution in [0.3, 0.4) is 0 Å². The summed E-state index contributed by atoms with van der Waals surface area (Å²) in [6, 6.07) is 13.0. The van der Waals surface area contributed by atoms with Crippen molar-refractivity contribution in [1.82, 2.24) is 9.62 Å². The lowest BCUT2D eigenvalue weighted by molar-refractivity contribution is -0.132. The zero-order valence-corrected chi connectivity index (χ0v) is 19.2. The van der Waals surface area contributed by atoms with Crippen LogP contribution >= 0.6 is 0 Å². The first kappa shape index (κ1) is 23.9. The molecule has 1 aliphatic heterocycles. The number of nitrogens with one attached hydrogen (secondary N) is 1. The van der Waals surface area contributed by atoms with Crippen LogP contribution in [0.25, 0.3) is 0 Å². The molecule has 1 N–H and O–H groups in total. The third-order valence-corrected chi connectivity index (χ3v) is 7.31. The number of hydrogen-bond acceptors (Lipinski definition) is 4. The first-order valence-corrected chi connectivity index (χ1v) is 11.9. The van der Waals surface area contributed by atoms with Crippen molar-refractivity contribution < 1.29 is 22.4 Å². The molecule has 2 aromatic rings. The molecule has 0 spiro atoms. The highest BCUT2D eigenvalue weighted by Gasteiger charge is 2.51. The molecule has 1 atom stereocenters. The summed E-state index contributed by atoms with van der Waals surface area (Å²) in [6.07, 6.45) is 0.734. The molecular weight excluding hydrogens is 433 g/mol. The highest BCUT2D eigenvalue weighted by Crippen LogP contribution is 2.32. The van der Waals surface area contributed by atoms with Crippen LogP contribution in [-0.4, -0.2) is 49.7 Å². The largest absolute Gasteiger partial charge is 0.354 e. The Balaban J connectivity index is 1.99. The third-order valence-electron chi connectivity index (χ3n) is 5.50. The van der Waals surface area contributed by atoms with Crippen LogP contribution < -0.4 is 10.2 Å². The van der Waals surface area contributed by atoms with E-state index in [0.29, 0.717) is 18.2 Å². The van der Waals surface area contributed by atoms with Gasteiger partial charge in [-0.25, -0.2) is 12.8 Å². The van der Waals surface area contributed by atoms with E-state index in [1.807, 2.05) is 13.8 Å². The number of amides is 2. The van der Waals surface area contributed by atoms with Crippen molar-refractivity contribution >= 4 is 27.5 Å². The molecule has 0 saturated carbocycles. The maximum atomic E-state index is 13.5. The standard InChI is InChI=1S/C23H28FN3O4S/c1-17(2)13-14-25-22(29)23(3)16-26(32(30,31)20-7-5-4-6-8-20)15-21(28)27(23)19-11-9-18(24)10-12-19/h4-12,17H,13-16H2,1-3H3,(H,25,29)/t23-/m0/s1. The minimum absolute atomic E-state index is 0.0469. The Morgan fingerprint density at radius 1 is 1.12 bits per heavy atom. The molecule has 7 nitrogen and oxygen atoms in total. The van der Waals surface area contributed by atoms with Crippen molar-refractivity contribution in [2.24, 2.45) is 5.92 Å². The van der Waals surface area contributed by atoms with Crippen molar-refractivity contribution in [1.29, 1.82) is 0 Å². The molecule has 32 heavy (non-hydrogen) atoms. The van der Waals surface area contributed by atoms with E-state index in [1.165, 1.54) is 48.2 Å². The molecule has 1 aliphatic rings. The molecule has 2 aromatic carbocycles. The van der Waals surface area contributed by atoms with Gasteiger partial charge in [-0.2, -0.15) is 4.31 Å². The van der Waals surface area contributed by atoms with E-state index in [-0.39, 0.29) is 11.4 Å². The van der Waals surface area contributed by atoms with Crippen LogP contribution in [0.1, 0.15) is 27.2 Å². The van der Waals surface area contributed by atoms with Gasteiger partial charge >= 0.3 is 0 Å². The molecule has 9 heteroatoms. The molecule has 0 bridgehead atoms. The van der Waals surface area contributed by atoms with Gasteiger partial charge in [0, 0.05) is 18.8 Å². The van der Waals surface area contributed by atoms with E-state index in [1.54, 1.807) is 18.2 Å². The number of carbonyl (C=O) groups is 2. The average molecular weight is 462 g/mol. The number of benzene rings is 2. The Bertz CT molecular complexity index is 1070. The van der Waals surface area contributed by atoms with Gasteiger partial charge in [-0.3, -0.25) is 14.5 Å². The fourth-order valence-electron chi connectivity index (χ4n) is 3.74. The summed E-state index contributed by atoms with van der Waals surface area (Å²) in [6.45, 7) is 5.31. The summed E-state index contributed by atoms with van der Waals surface area (Å²) in [5.74, 6) is -1.15. The van der Waals surface area contributed by atoms with Crippen LogP contribution in [0.4, 0.5) is 10.1 Å². The van der Waals surface area contributed by atoms with E-state index in [4.69, 9.17) is 0 Å². The number of anilines is 1. The average Bonchev–Trinajstić information content (AvgIpc) is 2.75. The van der Waals surface area contributed by atoms with Crippen LogP contribution in [0, 0.1) is 11.7 Å². The van der Waals surface area contributed by atoms with E-state index < -0.39 is 39.7 Å². The van der Waals surface area contributed by atoms with Gasteiger partial charge in [0.25, 0.3) is 0 Å².